The van der Waals surface area contributed by atoms with Crippen LogP contribution in [0.3, 0.4) is 0 Å². The molecule has 0 saturated carbocycles. The molecule has 0 unspecified atom stereocenters. The number of rotatable bonds is 4. The predicted octanol–water partition coefficient (Wildman–Crippen LogP) is 1.76. The second-order valence-corrected chi connectivity index (χ2v) is 5.42. The van der Waals surface area contributed by atoms with E-state index in [4.69, 9.17) is 16.7 Å². The number of aromatic nitrogens is 1. The van der Waals surface area contributed by atoms with Gasteiger partial charge in [-0.05, 0) is 26.8 Å². The zero-order valence-electron chi connectivity index (χ0n) is 11.0. The number of hydrogen-bond acceptors (Lipinski definition) is 4. The molecule has 0 bridgehead atoms. The molecule has 0 saturated heterocycles. The van der Waals surface area contributed by atoms with Crippen molar-refractivity contribution < 1.29 is 14.7 Å². The quantitative estimate of drug-likeness (QED) is 0.784. The third-order valence-corrected chi connectivity index (χ3v) is 2.31. The monoisotopic (exact) mass is 285 g/mol. The Balaban J connectivity index is 2.64. The number of nitrogens with one attached hydrogen (secondary N) is 2. The standard InChI is InChI=1S/C12H16ClN3O3/c1-12(2,3)16-9(17)6-15-10-8(13)4-7(5-14-10)11(18)19/h4-5H,6H2,1-3H3,(H,14,15)(H,16,17)(H,18,19). The van der Waals surface area contributed by atoms with Crippen molar-refractivity contribution >= 4 is 29.3 Å². The predicted molar refractivity (Wildman–Crippen MR) is 72.6 cm³/mol. The van der Waals surface area contributed by atoms with Crippen molar-refractivity contribution in [3.63, 3.8) is 0 Å². The maximum Gasteiger partial charge on any atom is 0.337 e. The number of halogens is 1. The molecular formula is C12H16ClN3O3. The van der Waals surface area contributed by atoms with Crippen molar-refractivity contribution in [2.24, 2.45) is 0 Å². The molecule has 6 nitrogen and oxygen atoms in total. The first kappa shape index (κ1) is 15.2. The summed E-state index contributed by atoms with van der Waals surface area (Å²) in [4.78, 5) is 26.1. The van der Waals surface area contributed by atoms with E-state index in [1.807, 2.05) is 20.8 Å². The van der Waals surface area contributed by atoms with Crippen LogP contribution in [0.15, 0.2) is 12.3 Å². The smallest absolute Gasteiger partial charge is 0.337 e. The molecule has 1 rings (SSSR count). The second kappa shape index (κ2) is 5.88. The van der Waals surface area contributed by atoms with Crippen LogP contribution in [0.2, 0.25) is 5.02 Å². The van der Waals surface area contributed by atoms with E-state index in [-0.39, 0.29) is 34.4 Å². The number of carbonyl (C=O) groups is 2. The molecule has 104 valence electrons. The molecule has 0 fully saturated rings. The van der Waals surface area contributed by atoms with Crippen LogP contribution in [0.5, 0.6) is 0 Å². The molecule has 0 radical (unpaired) electrons. The molecule has 0 atom stereocenters. The lowest BCUT2D eigenvalue weighted by molar-refractivity contribution is -0.120. The average Bonchev–Trinajstić information content (AvgIpc) is 2.24. The number of carboxylic acid groups (broad SMARTS) is 1. The van der Waals surface area contributed by atoms with Gasteiger partial charge in [-0.25, -0.2) is 9.78 Å². The van der Waals surface area contributed by atoms with Gasteiger partial charge in [-0.3, -0.25) is 4.79 Å². The van der Waals surface area contributed by atoms with E-state index in [0.29, 0.717) is 0 Å². The number of anilines is 1. The highest BCUT2D eigenvalue weighted by Gasteiger charge is 2.14. The van der Waals surface area contributed by atoms with E-state index in [2.05, 4.69) is 15.6 Å². The molecule has 0 aliphatic carbocycles. The van der Waals surface area contributed by atoms with E-state index in [1.54, 1.807) is 0 Å². The van der Waals surface area contributed by atoms with Gasteiger partial charge in [-0.1, -0.05) is 11.6 Å². The van der Waals surface area contributed by atoms with Gasteiger partial charge in [-0.2, -0.15) is 0 Å². The number of pyridine rings is 1. The van der Waals surface area contributed by atoms with Crippen molar-refractivity contribution in [3.8, 4) is 0 Å². The number of carbonyl (C=O) groups excluding carboxylic acids is 1. The van der Waals surface area contributed by atoms with Crippen molar-refractivity contribution in [3.05, 3.63) is 22.8 Å². The molecule has 1 amide bonds. The Morgan fingerprint density at radius 1 is 1.42 bits per heavy atom. The van der Waals surface area contributed by atoms with Gasteiger partial charge in [0.05, 0.1) is 17.1 Å². The molecule has 7 heteroatoms. The van der Waals surface area contributed by atoms with Gasteiger partial charge in [-0.15, -0.1) is 0 Å². The lowest BCUT2D eigenvalue weighted by Crippen LogP contribution is -2.43. The third kappa shape index (κ3) is 5.13. The zero-order valence-corrected chi connectivity index (χ0v) is 11.7. The molecular weight excluding hydrogens is 270 g/mol. The van der Waals surface area contributed by atoms with Crippen LogP contribution >= 0.6 is 11.6 Å². The third-order valence-electron chi connectivity index (χ3n) is 2.02. The fourth-order valence-electron chi connectivity index (χ4n) is 1.31. The van der Waals surface area contributed by atoms with Crippen LogP contribution < -0.4 is 10.6 Å². The van der Waals surface area contributed by atoms with E-state index >= 15 is 0 Å². The molecule has 1 heterocycles. The maximum atomic E-state index is 11.6. The normalized spacial score (nSPS) is 10.9. The van der Waals surface area contributed by atoms with Crippen LogP contribution in [0.25, 0.3) is 0 Å². The van der Waals surface area contributed by atoms with E-state index in [9.17, 15) is 9.59 Å². The first-order valence-corrected chi connectivity index (χ1v) is 6.00. The van der Waals surface area contributed by atoms with E-state index in [0.717, 1.165) is 0 Å². The highest BCUT2D eigenvalue weighted by atomic mass is 35.5. The molecule has 0 aliphatic rings. The minimum absolute atomic E-state index is 0.00491. The lowest BCUT2D eigenvalue weighted by atomic mass is 10.1. The summed E-state index contributed by atoms with van der Waals surface area (Å²) in [6.45, 7) is 5.63. The van der Waals surface area contributed by atoms with Gasteiger partial charge in [0.25, 0.3) is 0 Å². The lowest BCUT2D eigenvalue weighted by Gasteiger charge is -2.20. The minimum atomic E-state index is -1.11. The summed E-state index contributed by atoms with van der Waals surface area (Å²) in [5.74, 6) is -1.03. The first-order valence-electron chi connectivity index (χ1n) is 5.63. The Hall–Kier alpha value is -1.82. The number of amides is 1. The van der Waals surface area contributed by atoms with Gasteiger partial charge < -0.3 is 15.7 Å². The SMILES string of the molecule is CC(C)(C)NC(=O)CNc1ncc(C(=O)O)cc1Cl. The van der Waals surface area contributed by atoms with Crippen LogP contribution in [-0.2, 0) is 4.79 Å². The molecule has 1 aromatic heterocycles. The largest absolute Gasteiger partial charge is 0.478 e. The van der Waals surface area contributed by atoms with Gasteiger partial charge in [0.15, 0.2) is 0 Å². The Morgan fingerprint density at radius 2 is 2.05 bits per heavy atom. The summed E-state index contributed by atoms with van der Waals surface area (Å²) < 4.78 is 0. The summed E-state index contributed by atoms with van der Waals surface area (Å²) in [5.41, 5.74) is -0.321. The highest BCUT2D eigenvalue weighted by Crippen LogP contribution is 2.19. The number of carboxylic acids is 1. The minimum Gasteiger partial charge on any atom is -0.478 e. The van der Waals surface area contributed by atoms with Crippen molar-refractivity contribution in [1.82, 2.24) is 10.3 Å². The molecule has 1 aromatic rings. The van der Waals surface area contributed by atoms with Crippen LogP contribution in [0, 0.1) is 0 Å². The maximum absolute atomic E-state index is 11.6. The van der Waals surface area contributed by atoms with E-state index < -0.39 is 5.97 Å². The fraction of sp³-hybridized carbons (Fsp3) is 0.417. The summed E-state index contributed by atoms with van der Waals surface area (Å²) in [6, 6.07) is 1.28. The van der Waals surface area contributed by atoms with Crippen molar-refractivity contribution in [2.75, 3.05) is 11.9 Å². The number of hydrogen-bond donors (Lipinski definition) is 3. The molecule has 0 aliphatic heterocycles. The Kier molecular flexibility index (Phi) is 4.72. The van der Waals surface area contributed by atoms with Crippen LogP contribution in [-0.4, -0.2) is 34.1 Å². The summed E-state index contributed by atoms with van der Waals surface area (Å²) in [5, 5.41) is 14.4. The average molecular weight is 286 g/mol. The molecule has 3 N–H and O–H groups in total. The number of nitrogens with zero attached hydrogens (tertiary/aromatic N) is 1. The van der Waals surface area contributed by atoms with Gasteiger partial charge in [0.2, 0.25) is 5.91 Å². The van der Waals surface area contributed by atoms with Crippen molar-refractivity contribution in [1.29, 1.82) is 0 Å². The van der Waals surface area contributed by atoms with Crippen LogP contribution in [0.1, 0.15) is 31.1 Å². The highest BCUT2D eigenvalue weighted by molar-refractivity contribution is 6.33. The topological polar surface area (TPSA) is 91.3 Å². The first-order chi connectivity index (χ1) is 8.69. The summed E-state index contributed by atoms with van der Waals surface area (Å²) >= 11 is 5.87. The molecule has 0 spiro atoms. The molecule has 19 heavy (non-hydrogen) atoms. The van der Waals surface area contributed by atoms with Gasteiger partial charge >= 0.3 is 5.97 Å². The Morgan fingerprint density at radius 3 is 2.53 bits per heavy atom. The zero-order chi connectivity index (χ0) is 14.6. The van der Waals surface area contributed by atoms with Crippen LogP contribution in [0.4, 0.5) is 5.82 Å². The summed E-state index contributed by atoms with van der Waals surface area (Å²) in [7, 11) is 0. The summed E-state index contributed by atoms with van der Waals surface area (Å²) in [6.07, 6.45) is 1.18. The molecule has 0 aromatic carbocycles. The second-order valence-electron chi connectivity index (χ2n) is 5.01. The Labute approximate surface area is 116 Å². The fourth-order valence-corrected chi connectivity index (χ4v) is 1.54. The van der Waals surface area contributed by atoms with E-state index in [1.165, 1.54) is 12.3 Å². The number of aromatic carboxylic acids is 1. The van der Waals surface area contributed by atoms with Gasteiger partial charge in [0.1, 0.15) is 5.82 Å². The van der Waals surface area contributed by atoms with Gasteiger partial charge in [0, 0.05) is 11.7 Å². The van der Waals surface area contributed by atoms with Crippen molar-refractivity contribution in [2.45, 2.75) is 26.3 Å². The Bertz CT molecular complexity index is 497.